The van der Waals surface area contributed by atoms with Crippen LogP contribution in [0.2, 0.25) is 0 Å². The van der Waals surface area contributed by atoms with E-state index in [2.05, 4.69) is 52.0 Å². The number of aryl methyl sites for hydroxylation is 2. The third-order valence-corrected chi connectivity index (χ3v) is 11.6. The van der Waals surface area contributed by atoms with Gasteiger partial charge in [-0.3, -0.25) is 24.0 Å². The number of amides is 5. The van der Waals surface area contributed by atoms with Crippen molar-refractivity contribution < 1.29 is 38.2 Å². The van der Waals surface area contributed by atoms with Crippen LogP contribution in [0.4, 0.5) is 0 Å². The molecule has 4 bridgehead atoms. The highest BCUT2D eigenvalue weighted by Gasteiger charge is 2.36. The van der Waals surface area contributed by atoms with E-state index in [4.69, 9.17) is 31.4 Å². The van der Waals surface area contributed by atoms with E-state index in [0.29, 0.717) is 57.6 Å². The van der Waals surface area contributed by atoms with Crippen LogP contribution in [0.3, 0.4) is 0 Å². The Morgan fingerprint density at radius 1 is 0.857 bits per heavy atom. The molecule has 0 spiro atoms. The number of aromatic nitrogens is 2. The summed E-state index contributed by atoms with van der Waals surface area (Å²) in [5.74, 6) is -1.48. The van der Waals surface area contributed by atoms with Crippen LogP contribution in [0.5, 0.6) is 17.2 Å². The highest BCUT2D eigenvalue weighted by atomic mass is 16.5. The monoisotopic (exact) mass is 962 g/mol. The van der Waals surface area contributed by atoms with E-state index in [1.807, 2.05) is 30.3 Å². The lowest BCUT2D eigenvalue weighted by atomic mass is 9.91. The van der Waals surface area contributed by atoms with Crippen molar-refractivity contribution in [2.75, 3.05) is 53.0 Å². The van der Waals surface area contributed by atoms with Gasteiger partial charge in [0.1, 0.15) is 61.2 Å². The van der Waals surface area contributed by atoms with E-state index < -0.39 is 53.7 Å². The molecule has 0 saturated carbocycles. The van der Waals surface area contributed by atoms with Gasteiger partial charge in [0.25, 0.3) is 5.91 Å². The maximum atomic E-state index is 14.8. The summed E-state index contributed by atoms with van der Waals surface area (Å²) in [5.41, 5.74) is 21.5. The minimum Gasteiger partial charge on any atom is -0.494 e. The molecule has 0 radical (unpaired) electrons. The Balaban J connectivity index is 1.50. The van der Waals surface area contributed by atoms with E-state index in [0.717, 1.165) is 24.2 Å². The molecule has 5 amide bonds. The second-order valence-corrected chi connectivity index (χ2v) is 18.3. The van der Waals surface area contributed by atoms with Gasteiger partial charge in [0.2, 0.25) is 23.6 Å². The lowest BCUT2D eigenvalue weighted by Gasteiger charge is -2.32. The number of carbonyl (C=O) groups excluding carboxylic acids is 5. The third kappa shape index (κ3) is 14.2. The third-order valence-electron chi connectivity index (χ3n) is 11.6. The number of hydrogen-bond acceptors (Lipinski definition) is 14. The van der Waals surface area contributed by atoms with Gasteiger partial charge >= 0.3 is 0 Å². The van der Waals surface area contributed by atoms with Gasteiger partial charge in [-0.05, 0) is 112 Å². The first-order valence-electron chi connectivity index (χ1n) is 23.4. The predicted octanol–water partition coefficient (Wildman–Crippen LogP) is 3.14. The van der Waals surface area contributed by atoms with Crippen LogP contribution in [0.1, 0.15) is 85.9 Å². The molecule has 3 aromatic carbocycles. The van der Waals surface area contributed by atoms with Crippen LogP contribution in [0, 0.1) is 30.6 Å². The lowest BCUT2D eigenvalue weighted by Crippen LogP contribution is -2.56. The second-order valence-electron chi connectivity index (χ2n) is 18.3. The molecule has 374 valence electrons. The molecule has 4 atom stereocenters. The number of fused-ring (bicyclic) bond motifs is 5. The molecule has 19 heteroatoms. The molecule has 0 aliphatic carbocycles. The first-order chi connectivity index (χ1) is 33.4. The number of nitrogens with two attached hydrogens (primary N) is 3. The molecule has 10 N–H and O–H groups in total. The van der Waals surface area contributed by atoms with Crippen molar-refractivity contribution in [3.8, 4) is 45.8 Å². The van der Waals surface area contributed by atoms with Crippen LogP contribution in [0.15, 0.2) is 60.7 Å². The standard InChI is InChI=1S/C51H67N11O8/c1-30-43(31(2)58-45(57-30)34-10-13-36(14-11-34)68-24-8-18-51(4,5)6)48(65)60-39(17-19-52)50(67)62(7)44-35-12-16-42(70-26-22-55)38(29-35)37-27-33(9-15-41(37)69-25-21-54)28-40(47(64)56-23-20-53)61-46(63)32(3)59-49(44)66/h9-16,27,29,32,39-40,44H,8,17-19,21-26,28,52,54-55H2,1-7H3,(H,56,64)(H,59,66)(H,60,65)(H,61,63). The Morgan fingerprint density at radius 2 is 1.49 bits per heavy atom. The topological polar surface area (TPSA) is 292 Å². The Labute approximate surface area is 409 Å². The molecular weight excluding hydrogens is 895 g/mol. The SMILES string of the molecule is Cc1nc(-c2ccc(OCCCC(C)(C)C)cc2)nc(C)c1C(=O)NC(CCN)C(=O)N(C)C1C(=O)NC(C)C(=O)NC(C(=O)NCC#N)Cc2ccc(OCCN)c(c2)-c2cc1ccc2OCCN. The van der Waals surface area contributed by atoms with Crippen molar-refractivity contribution >= 4 is 29.5 Å². The maximum absolute atomic E-state index is 14.8. The minimum atomic E-state index is -1.41. The molecule has 4 aromatic rings. The van der Waals surface area contributed by atoms with Crippen LogP contribution in [-0.4, -0.2) is 116 Å². The number of ether oxygens (including phenoxy) is 3. The summed E-state index contributed by atoms with van der Waals surface area (Å²) < 4.78 is 18.1. The van der Waals surface area contributed by atoms with Crippen LogP contribution >= 0.6 is 0 Å². The van der Waals surface area contributed by atoms with Crippen molar-refractivity contribution in [1.29, 1.82) is 5.26 Å². The molecule has 19 nitrogen and oxygen atoms in total. The van der Waals surface area contributed by atoms with Gasteiger partial charge in [-0.15, -0.1) is 0 Å². The minimum absolute atomic E-state index is 0.00211. The number of likely N-dealkylation sites (N-methyl/N-ethyl adjacent to an activating group) is 1. The molecule has 2 heterocycles. The average molecular weight is 962 g/mol. The van der Waals surface area contributed by atoms with Crippen LogP contribution in [0.25, 0.3) is 22.5 Å². The fourth-order valence-electron chi connectivity index (χ4n) is 8.03. The Morgan fingerprint density at radius 3 is 2.09 bits per heavy atom. The fourth-order valence-corrected chi connectivity index (χ4v) is 8.03. The van der Waals surface area contributed by atoms with Gasteiger partial charge in [-0.25, -0.2) is 9.97 Å². The number of hydrogen-bond donors (Lipinski definition) is 7. The van der Waals surface area contributed by atoms with E-state index in [-0.39, 0.29) is 63.2 Å². The summed E-state index contributed by atoms with van der Waals surface area (Å²) in [5, 5.41) is 19.9. The number of benzene rings is 3. The molecule has 0 saturated heterocycles. The smallest absolute Gasteiger partial charge is 0.255 e. The van der Waals surface area contributed by atoms with Crippen molar-refractivity contribution in [1.82, 2.24) is 36.1 Å². The maximum Gasteiger partial charge on any atom is 0.255 e. The van der Waals surface area contributed by atoms with Gasteiger partial charge in [0, 0.05) is 43.2 Å². The zero-order chi connectivity index (χ0) is 51.1. The number of carbonyl (C=O) groups is 5. The predicted molar refractivity (Wildman–Crippen MR) is 264 cm³/mol. The summed E-state index contributed by atoms with van der Waals surface area (Å²) in [6.07, 6.45) is 1.96. The van der Waals surface area contributed by atoms with E-state index in [9.17, 15) is 29.2 Å². The largest absolute Gasteiger partial charge is 0.494 e. The average Bonchev–Trinajstić information content (AvgIpc) is 3.32. The van der Waals surface area contributed by atoms with Crippen molar-refractivity contribution in [3.63, 3.8) is 0 Å². The number of nitriles is 1. The van der Waals surface area contributed by atoms with Crippen molar-refractivity contribution in [2.45, 2.75) is 91.4 Å². The number of nitrogens with one attached hydrogen (secondary N) is 4. The molecule has 1 aliphatic heterocycles. The van der Waals surface area contributed by atoms with Gasteiger partial charge in [0.05, 0.1) is 29.6 Å². The van der Waals surface area contributed by atoms with E-state index >= 15 is 0 Å². The zero-order valence-corrected chi connectivity index (χ0v) is 41.1. The van der Waals surface area contributed by atoms with E-state index in [1.54, 1.807) is 50.2 Å². The molecular formula is C51H67N11O8. The molecule has 70 heavy (non-hydrogen) atoms. The highest BCUT2D eigenvalue weighted by molar-refractivity contribution is 6.00. The number of rotatable bonds is 19. The van der Waals surface area contributed by atoms with Crippen LogP contribution < -0.4 is 52.7 Å². The van der Waals surface area contributed by atoms with Gasteiger partial charge in [-0.2, -0.15) is 5.26 Å². The Bertz CT molecular complexity index is 2520. The molecule has 1 aromatic heterocycles. The quantitative estimate of drug-likeness (QED) is 0.0525. The van der Waals surface area contributed by atoms with Crippen molar-refractivity contribution in [3.05, 3.63) is 88.7 Å². The zero-order valence-electron chi connectivity index (χ0n) is 41.1. The number of nitrogens with zero attached hydrogens (tertiary/aromatic N) is 4. The fraction of sp³-hybridized carbons (Fsp3) is 0.451. The normalized spacial score (nSPS) is 16.3. The van der Waals surface area contributed by atoms with Gasteiger partial charge in [-0.1, -0.05) is 32.9 Å². The molecule has 1 aliphatic rings. The summed E-state index contributed by atoms with van der Waals surface area (Å²) in [7, 11) is 1.41. The molecule has 4 unspecified atom stereocenters. The van der Waals surface area contributed by atoms with Crippen LogP contribution in [-0.2, 0) is 25.6 Å². The van der Waals surface area contributed by atoms with Gasteiger partial charge < -0.3 is 57.6 Å². The first kappa shape index (κ1) is 53.8. The Kier molecular flexibility index (Phi) is 19.2. The van der Waals surface area contributed by atoms with Gasteiger partial charge in [0.15, 0.2) is 5.82 Å². The highest BCUT2D eigenvalue weighted by Crippen LogP contribution is 2.40. The summed E-state index contributed by atoms with van der Waals surface area (Å²) in [6, 6.07) is 14.4. The first-order valence-corrected chi connectivity index (χ1v) is 23.4. The summed E-state index contributed by atoms with van der Waals surface area (Å²) in [6.45, 7) is 12.3. The van der Waals surface area contributed by atoms with Crippen molar-refractivity contribution in [2.24, 2.45) is 22.6 Å². The van der Waals surface area contributed by atoms with E-state index in [1.165, 1.54) is 18.9 Å². The Hall–Kier alpha value is -7.14. The second kappa shape index (κ2) is 24.9. The summed E-state index contributed by atoms with van der Waals surface area (Å²) >= 11 is 0. The molecule has 0 fully saturated rings. The summed E-state index contributed by atoms with van der Waals surface area (Å²) in [4.78, 5) is 81.2. The lowest BCUT2D eigenvalue weighted by molar-refractivity contribution is -0.141. The molecule has 5 rings (SSSR count).